The summed E-state index contributed by atoms with van der Waals surface area (Å²) in [6, 6.07) is 6.69. The average molecular weight is 578 g/mol. The number of hydrogen-bond acceptors (Lipinski definition) is 5. The Bertz CT molecular complexity index is 826. The predicted octanol–water partition coefficient (Wildman–Crippen LogP) is 2.95. The second-order valence-electron chi connectivity index (χ2n) is 7.36. The third-order valence-electron chi connectivity index (χ3n) is 5.90. The fraction of sp³-hybridized carbons (Fsp3) is 0.474. The fourth-order valence-corrected chi connectivity index (χ4v) is 6.74. The maximum atomic E-state index is 12.8. The molecule has 1 aromatic rings. The van der Waals surface area contributed by atoms with E-state index in [0.717, 1.165) is 15.8 Å². The van der Waals surface area contributed by atoms with Crippen LogP contribution >= 0.6 is 47.8 Å². The summed E-state index contributed by atoms with van der Waals surface area (Å²) in [6.45, 7) is -0.876. The standard InChI is InChI=1S/C19H16Br3NO5/c20-9-3-1-8(2-4-9)12(24)7-28-13(25)6-23-18(26)14-10-5-11(15(14)19(23)27)17(22)16(10)21/h1-4,10-11,14-17H,5-7H2/t10-,11-,14-,15-,16-,17+/m0/s1. The number of ether oxygens (including phenoxy) is 1. The Hall–Kier alpha value is -1.06. The molecule has 9 heteroatoms. The Labute approximate surface area is 186 Å². The summed E-state index contributed by atoms with van der Waals surface area (Å²) in [5.41, 5.74) is 0.419. The minimum Gasteiger partial charge on any atom is -0.456 e. The minimum atomic E-state index is -0.759. The number of halogens is 3. The lowest BCUT2D eigenvalue weighted by atomic mass is 9.81. The number of esters is 1. The molecular weight excluding hydrogens is 562 g/mol. The number of ketones is 1. The van der Waals surface area contributed by atoms with Crippen molar-refractivity contribution in [1.29, 1.82) is 0 Å². The van der Waals surface area contributed by atoms with E-state index < -0.39 is 19.1 Å². The topological polar surface area (TPSA) is 80.8 Å². The first-order chi connectivity index (χ1) is 13.3. The predicted molar refractivity (Wildman–Crippen MR) is 110 cm³/mol. The van der Waals surface area contributed by atoms with E-state index in [-0.39, 0.29) is 50.9 Å². The number of nitrogens with zero attached hydrogens (tertiary/aromatic N) is 1. The lowest BCUT2D eigenvalue weighted by molar-refractivity contribution is -0.152. The highest BCUT2D eigenvalue weighted by Crippen LogP contribution is 2.60. The maximum Gasteiger partial charge on any atom is 0.326 e. The number of benzene rings is 1. The molecule has 1 heterocycles. The van der Waals surface area contributed by atoms with E-state index in [4.69, 9.17) is 4.74 Å². The van der Waals surface area contributed by atoms with Crippen LogP contribution in [0.4, 0.5) is 0 Å². The van der Waals surface area contributed by atoms with Crippen molar-refractivity contribution in [1.82, 2.24) is 4.90 Å². The number of carbonyl (C=O) groups is 4. The molecule has 2 bridgehead atoms. The first kappa shape index (κ1) is 20.2. The molecule has 1 saturated heterocycles. The maximum absolute atomic E-state index is 12.8. The highest BCUT2D eigenvalue weighted by molar-refractivity contribution is 9.12. The van der Waals surface area contributed by atoms with Crippen LogP contribution in [-0.2, 0) is 19.1 Å². The summed E-state index contributed by atoms with van der Waals surface area (Å²) < 4.78 is 5.85. The fourth-order valence-electron chi connectivity index (χ4n) is 4.61. The van der Waals surface area contributed by atoms with Crippen molar-refractivity contribution >= 4 is 71.4 Å². The van der Waals surface area contributed by atoms with Crippen molar-refractivity contribution < 1.29 is 23.9 Å². The monoisotopic (exact) mass is 575 g/mol. The van der Waals surface area contributed by atoms with Gasteiger partial charge in [-0.05, 0) is 30.4 Å². The second kappa shape index (κ2) is 7.65. The molecule has 6 nitrogen and oxygen atoms in total. The van der Waals surface area contributed by atoms with Crippen LogP contribution < -0.4 is 0 Å². The molecule has 4 rings (SSSR count). The van der Waals surface area contributed by atoms with Gasteiger partial charge >= 0.3 is 5.97 Å². The van der Waals surface area contributed by atoms with Crippen LogP contribution in [0.3, 0.4) is 0 Å². The summed E-state index contributed by atoms with van der Waals surface area (Å²) in [5.74, 6) is -2.26. The normalized spacial score (nSPS) is 33.3. The molecule has 3 aliphatic rings. The SMILES string of the molecule is O=C(CN1C(=O)[C@H]2[C@@H]3C[C@H]([C@@H](Br)[C@H]3Br)[C@@H]2C1=O)OCC(=O)c1ccc(Br)cc1. The van der Waals surface area contributed by atoms with Gasteiger partial charge in [-0.3, -0.25) is 24.1 Å². The van der Waals surface area contributed by atoms with Crippen molar-refractivity contribution in [2.45, 2.75) is 16.1 Å². The van der Waals surface area contributed by atoms with Gasteiger partial charge in [0.05, 0.1) is 11.8 Å². The Kier molecular flexibility index (Phi) is 5.52. The highest BCUT2D eigenvalue weighted by atomic mass is 79.9. The molecule has 2 amide bonds. The number of fused-ring (bicyclic) bond motifs is 5. The summed E-state index contributed by atoms with van der Waals surface area (Å²) in [7, 11) is 0. The van der Waals surface area contributed by atoms with Gasteiger partial charge in [0.1, 0.15) is 6.54 Å². The van der Waals surface area contributed by atoms with Gasteiger partial charge < -0.3 is 4.74 Å². The second-order valence-corrected chi connectivity index (χ2v) is 10.4. The van der Waals surface area contributed by atoms with Crippen LogP contribution in [0.1, 0.15) is 16.8 Å². The first-order valence-corrected chi connectivity index (χ1v) is 11.5. The van der Waals surface area contributed by atoms with Gasteiger partial charge in [0.2, 0.25) is 11.8 Å². The highest BCUT2D eigenvalue weighted by Gasteiger charge is 2.66. The molecule has 0 spiro atoms. The minimum absolute atomic E-state index is 0.0934. The third-order valence-corrected chi connectivity index (χ3v) is 9.63. The molecule has 0 unspecified atom stereocenters. The number of rotatable bonds is 5. The summed E-state index contributed by atoms with van der Waals surface area (Å²) in [4.78, 5) is 51.1. The smallest absolute Gasteiger partial charge is 0.326 e. The lowest BCUT2D eigenvalue weighted by Crippen LogP contribution is -2.38. The summed E-state index contributed by atoms with van der Waals surface area (Å²) in [5, 5.41) is 0. The number of amides is 2. The summed E-state index contributed by atoms with van der Waals surface area (Å²) in [6.07, 6.45) is 0.832. The van der Waals surface area contributed by atoms with Gasteiger partial charge in [-0.1, -0.05) is 59.9 Å². The number of imide groups is 1. The van der Waals surface area contributed by atoms with E-state index in [1.165, 1.54) is 0 Å². The van der Waals surface area contributed by atoms with Crippen LogP contribution in [0.25, 0.3) is 0 Å². The zero-order chi connectivity index (χ0) is 20.2. The number of carbonyl (C=O) groups excluding carboxylic acids is 4. The Morgan fingerprint density at radius 2 is 1.54 bits per heavy atom. The quantitative estimate of drug-likeness (QED) is 0.233. The van der Waals surface area contributed by atoms with E-state index >= 15 is 0 Å². The molecule has 3 fully saturated rings. The van der Waals surface area contributed by atoms with E-state index in [9.17, 15) is 19.2 Å². The largest absolute Gasteiger partial charge is 0.456 e. The van der Waals surface area contributed by atoms with Crippen molar-refractivity contribution in [2.75, 3.05) is 13.2 Å². The van der Waals surface area contributed by atoms with Crippen molar-refractivity contribution in [3.05, 3.63) is 34.3 Å². The van der Waals surface area contributed by atoms with Crippen LogP contribution in [0, 0.1) is 23.7 Å². The first-order valence-electron chi connectivity index (χ1n) is 8.87. The molecule has 148 valence electrons. The Morgan fingerprint density at radius 1 is 1.00 bits per heavy atom. The molecule has 2 saturated carbocycles. The molecule has 0 radical (unpaired) electrons. The zero-order valence-electron chi connectivity index (χ0n) is 14.5. The van der Waals surface area contributed by atoms with E-state index in [1.807, 2.05) is 0 Å². The van der Waals surface area contributed by atoms with Gasteiger partial charge in [-0.15, -0.1) is 0 Å². The van der Waals surface area contributed by atoms with Gasteiger partial charge in [0, 0.05) is 19.7 Å². The third kappa shape index (κ3) is 3.29. The van der Waals surface area contributed by atoms with Gasteiger partial charge in [0.25, 0.3) is 0 Å². The van der Waals surface area contributed by atoms with Crippen LogP contribution in [0.5, 0.6) is 0 Å². The van der Waals surface area contributed by atoms with Crippen LogP contribution in [0.15, 0.2) is 28.7 Å². The van der Waals surface area contributed by atoms with Crippen molar-refractivity contribution in [3.63, 3.8) is 0 Å². The molecule has 28 heavy (non-hydrogen) atoms. The van der Waals surface area contributed by atoms with E-state index in [0.29, 0.717) is 5.56 Å². The van der Waals surface area contributed by atoms with Gasteiger partial charge in [0.15, 0.2) is 12.4 Å². The van der Waals surface area contributed by atoms with Crippen LogP contribution in [0.2, 0.25) is 0 Å². The molecule has 6 atom stereocenters. The molecule has 0 N–H and O–H groups in total. The van der Waals surface area contributed by atoms with E-state index in [1.54, 1.807) is 24.3 Å². The lowest BCUT2D eigenvalue weighted by Gasteiger charge is -2.28. The van der Waals surface area contributed by atoms with Gasteiger partial charge in [-0.2, -0.15) is 0 Å². The summed E-state index contributed by atoms with van der Waals surface area (Å²) >= 11 is 10.5. The number of hydrogen-bond donors (Lipinski definition) is 0. The molecule has 1 aromatic carbocycles. The van der Waals surface area contributed by atoms with Gasteiger partial charge in [-0.25, -0.2) is 0 Å². The number of Topliss-reactive ketones (excluding diaryl/α,β-unsaturated/α-hetero) is 1. The number of alkyl halides is 2. The van der Waals surface area contributed by atoms with E-state index in [2.05, 4.69) is 47.8 Å². The molecule has 2 aliphatic carbocycles. The van der Waals surface area contributed by atoms with Crippen LogP contribution in [-0.4, -0.2) is 51.3 Å². The average Bonchev–Trinajstić information content (AvgIpc) is 3.27. The molecule has 1 aliphatic heterocycles. The van der Waals surface area contributed by atoms with Crippen molar-refractivity contribution in [3.8, 4) is 0 Å². The molecule has 0 aromatic heterocycles. The zero-order valence-corrected chi connectivity index (χ0v) is 19.3. The van der Waals surface area contributed by atoms with Crippen molar-refractivity contribution in [2.24, 2.45) is 23.7 Å². The Morgan fingerprint density at radius 3 is 2.07 bits per heavy atom. The number of likely N-dealkylation sites (tertiary alicyclic amines) is 1. The Balaban J connectivity index is 1.36. The molecular formula is C19H16Br3NO5.